The largest absolute Gasteiger partial charge is 0.478 e. The summed E-state index contributed by atoms with van der Waals surface area (Å²) in [4.78, 5) is 13.5. The zero-order valence-corrected chi connectivity index (χ0v) is 19.0. The number of carbonyl (C=O) groups is 1. The number of aromatic carboxylic acids is 1. The smallest absolute Gasteiger partial charge is 0.338 e. The molecule has 1 N–H and O–H groups in total. The second-order valence-corrected chi connectivity index (χ2v) is 11.3. The molecule has 1 aliphatic carbocycles. The van der Waals surface area contributed by atoms with Crippen LogP contribution in [0, 0.1) is 5.82 Å². The van der Waals surface area contributed by atoms with E-state index in [0.29, 0.717) is 32.5 Å². The summed E-state index contributed by atoms with van der Waals surface area (Å²) in [6, 6.07) is 7.13. The third kappa shape index (κ3) is 4.90. The summed E-state index contributed by atoms with van der Waals surface area (Å²) in [6.45, 7) is 1.56. The highest BCUT2D eigenvalue weighted by Gasteiger charge is 2.33. The monoisotopic (exact) mass is 485 g/mol. The molecule has 0 amide bonds. The number of carboxylic acid groups (broad SMARTS) is 1. The molecule has 31 heavy (non-hydrogen) atoms. The number of rotatable bonds is 6. The van der Waals surface area contributed by atoms with Gasteiger partial charge in [0, 0.05) is 16.6 Å². The van der Waals surface area contributed by atoms with Crippen LogP contribution in [0.2, 0.25) is 10.0 Å². The van der Waals surface area contributed by atoms with Crippen molar-refractivity contribution in [1.29, 1.82) is 0 Å². The van der Waals surface area contributed by atoms with Crippen LogP contribution in [0.1, 0.15) is 53.1 Å². The van der Waals surface area contributed by atoms with E-state index in [1.807, 2.05) is 0 Å². The molecule has 2 aromatic rings. The summed E-state index contributed by atoms with van der Waals surface area (Å²) in [5.41, 5.74) is 1.38. The van der Waals surface area contributed by atoms with E-state index >= 15 is 0 Å². The van der Waals surface area contributed by atoms with Crippen LogP contribution in [-0.4, -0.2) is 42.7 Å². The van der Waals surface area contributed by atoms with Gasteiger partial charge in [-0.3, -0.25) is 4.90 Å². The summed E-state index contributed by atoms with van der Waals surface area (Å²) in [7, 11) is -3.56. The Hall–Kier alpha value is -1.67. The number of nitrogens with zero attached hydrogens (tertiary/aromatic N) is 1. The molecule has 1 saturated heterocycles. The Bertz CT molecular complexity index is 1110. The lowest BCUT2D eigenvalue weighted by atomic mass is 9.98. The quantitative estimate of drug-likeness (QED) is 0.612. The van der Waals surface area contributed by atoms with Crippen molar-refractivity contribution in [2.75, 3.05) is 13.1 Å². The van der Waals surface area contributed by atoms with E-state index < -0.39 is 26.9 Å². The van der Waals surface area contributed by atoms with Gasteiger partial charge in [-0.1, -0.05) is 23.2 Å². The zero-order valence-electron chi connectivity index (χ0n) is 16.7. The molecule has 0 unspecified atom stereocenters. The number of hydrogen-bond acceptors (Lipinski definition) is 4. The number of piperidine rings is 1. The van der Waals surface area contributed by atoms with Crippen LogP contribution in [0.4, 0.5) is 4.39 Å². The number of halogens is 3. The maximum Gasteiger partial charge on any atom is 0.338 e. The van der Waals surface area contributed by atoms with Crippen molar-refractivity contribution in [3.63, 3.8) is 0 Å². The number of sulfone groups is 1. The fourth-order valence-electron chi connectivity index (χ4n) is 4.21. The van der Waals surface area contributed by atoms with Gasteiger partial charge in [-0.2, -0.15) is 0 Å². The van der Waals surface area contributed by atoms with Crippen LogP contribution in [0.15, 0.2) is 35.2 Å². The van der Waals surface area contributed by atoms with Crippen LogP contribution in [0.25, 0.3) is 0 Å². The SMILES string of the molecule is O=C(O)c1cc(C2CC2)c(CN2CCC(S(=O)(=O)c3cc(Cl)cc(Cl)c3)CC2)cc1F. The molecule has 4 rings (SSSR count). The summed E-state index contributed by atoms with van der Waals surface area (Å²) < 4.78 is 40.3. The van der Waals surface area contributed by atoms with Crippen molar-refractivity contribution >= 4 is 39.0 Å². The fraction of sp³-hybridized carbons (Fsp3) is 0.409. The van der Waals surface area contributed by atoms with Crippen molar-refractivity contribution in [2.45, 2.75) is 48.3 Å². The number of carboxylic acids is 1. The minimum Gasteiger partial charge on any atom is -0.478 e. The van der Waals surface area contributed by atoms with E-state index in [0.717, 1.165) is 24.0 Å². The summed E-state index contributed by atoms with van der Waals surface area (Å²) >= 11 is 11.9. The molecule has 0 aromatic heterocycles. The van der Waals surface area contributed by atoms with Gasteiger partial charge < -0.3 is 5.11 Å². The van der Waals surface area contributed by atoms with Crippen molar-refractivity contribution in [1.82, 2.24) is 4.90 Å². The molecule has 0 bridgehead atoms. The molecular weight excluding hydrogens is 464 g/mol. The summed E-state index contributed by atoms with van der Waals surface area (Å²) in [5, 5.41) is 9.24. The van der Waals surface area contributed by atoms with Gasteiger partial charge in [-0.25, -0.2) is 17.6 Å². The van der Waals surface area contributed by atoms with Gasteiger partial charge in [0.1, 0.15) is 5.82 Å². The van der Waals surface area contributed by atoms with E-state index in [-0.39, 0.29) is 26.4 Å². The summed E-state index contributed by atoms with van der Waals surface area (Å²) in [5.74, 6) is -1.72. The molecule has 0 spiro atoms. The second kappa shape index (κ2) is 8.70. The number of hydrogen-bond donors (Lipinski definition) is 1. The minimum absolute atomic E-state index is 0.130. The van der Waals surface area contributed by atoms with Crippen LogP contribution in [-0.2, 0) is 16.4 Å². The van der Waals surface area contributed by atoms with Crippen LogP contribution in [0.5, 0.6) is 0 Å². The second-order valence-electron chi connectivity index (χ2n) is 8.24. The number of likely N-dealkylation sites (tertiary alicyclic amines) is 1. The molecule has 0 radical (unpaired) electrons. The highest BCUT2D eigenvalue weighted by molar-refractivity contribution is 7.92. The van der Waals surface area contributed by atoms with Gasteiger partial charge in [0.15, 0.2) is 9.84 Å². The molecule has 9 heteroatoms. The van der Waals surface area contributed by atoms with E-state index in [4.69, 9.17) is 23.2 Å². The maximum atomic E-state index is 14.3. The maximum absolute atomic E-state index is 14.3. The standard InChI is InChI=1S/C22H22Cl2FNO4S/c23-15-8-16(24)10-18(9-15)31(29,30)17-3-5-26(6-4-17)12-14-7-21(25)20(22(27)28)11-19(14)13-1-2-13/h7-11,13,17H,1-6,12H2,(H,27,28). The van der Waals surface area contributed by atoms with Gasteiger partial charge in [-0.15, -0.1) is 0 Å². The molecule has 1 aliphatic heterocycles. The van der Waals surface area contributed by atoms with Crippen molar-refractivity contribution in [3.8, 4) is 0 Å². The van der Waals surface area contributed by atoms with E-state index in [9.17, 15) is 22.7 Å². The van der Waals surface area contributed by atoms with E-state index in [2.05, 4.69) is 4.90 Å². The molecule has 0 atom stereocenters. The first-order valence-corrected chi connectivity index (χ1v) is 12.4. The lowest BCUT2D eigenvalue weighted by Crippen LogP contribution is -2.39. The average Bonchev–Trinajstić information content (AvgIpc) is 3.52. The van der Waals surface area contributed by atoms with Crippen molar-refractivity contribution in [2.24, 2.45) is 0 Å². The molecule has 2 aromatic carbocycles. The van der Waals surface area contributed by atoms with Gasteiger partial charge >= 0.3 is 5.97 Å². The van der Waals surface area contributed by atoms with Gasteiger partial charge in [-0.05, 0) is 86.1 Å². The fourth-order valence-corrected chi connectivity index (χ4v) is 6.66. The third-order valence-corrected chi connectivity index (χ3v) is 8.69. The highest BCUT2D eigenvalue weighted by atomic mass is 35.5. The van der Waals surface area contributed by atoms with Crippen LogP contribution >= 0.6 is 23.2 Å². The van der Waals surface area contributed by atoms with Crippen molar-refractivity contribution < 1.29 is 22.7 Å². The first kappa shape index (κ1) is 22.5. The van der Waals surface area contributed by atoms with Gasteiger partial charge in [0.05, 0.1) is 15.7 Å². The Morgan fingerprint density at radius 3 is 2.19 bits per heavy atom. The first-order valence-electron chi connectivity index (χ1n) is 10.1. The Morgan fingerprint density at radius 2 is 1.65 bits per heavy atom. The minimum atomic E-state index is -3.56. The Morgan fingerprint density at radius 1 is 1.03 bits per heavy atom. The van der Waals surface area contributed by atoms with E-state index in [1.165, 1.54) is 30.3 Å². The zero-order chi connectivity index (χ0) is 22.3. The topological polar surface area (TPSA) is 74.7 Å². The van der Waals surface area contributed by atoms with E-state index in [1.54, 1.807) is 0 Å². The molecule has 2 fully saturated rings. The van der Waals surface area contributed by atoms with Crippen LogP contribution < -0.4 is 0 Å². The van der Waals surface area contributed by atoms with Crippen LogP contribution in [0.3, 0.4) is 0 Å². The predicted molar refractivity (Wildman–Crippen MR) is 117 cm³/mol. The molecule has 166 valence electrons. The predicted octanol–water partition coefficient (Wildman–Crippen LogP) is 5.15. The molecular formula is C22H22Cl2FNO4S. The Kier molecular flexibility index (Phi) is 6.32. The molecule has 1 saturated carbocycles. The Balaban J connectivity index is 1.47. The number of benzene rings is 2. The Labute approximate surface area is 190 Å². The molecule has 2 aliphatic rings. The lowest BCUT2D eigenvalue weighted by molar-refractivity contribution is 0.0691. The third-order valence-electron chi connectivity index (χ3n) is 6.01. The molecule has 1 heterocycles. The summed E-state index contributed by atoms with van der Waals surface area (Å²) in [6.07, 6.45) is 2.84. The first-order chi connectivity index (χ1) is 14.6. The van der Waals surface area contributed by atoms with Crippen molar-refractivity contribution in [3.05, 3.63) is 62.9 Å². The van der Waals surface area contributed by atoms with Gasteiger partial charge in [0.25, 0.3) is 0 Å². The van der Waals surface area contributed by atoms with Gasteiger partial charge in [0.2, 0.25) is 0 Å². The average molecular weight is 486 g/mol. The molecule has 5 nitrogen and oxygen atoms in total. The lowest BCUT2D eigenvalue weighted by Gasteiger charge is -2.32. The normalized spacial score (nSPS) is 18.3. The highest BCUT2D eigenvalue weighted by Crippen LogP contribution is 2.43.